The van der Waals surface area contributed by atoms with Gasteiger partial charge in [-0.25, -0.2) is 0 Å². The van der Waals surface area contributed by atoms with Crippen molar-refractivity contribution in [2.45, 2.75) is 58.8 Å². The van der Waals surface area contributed by atoms with Gasteiger partial charge in [0.2, 0.25) is 17.7 Å². The van der Waals surface area contributed by atoms with Crippen LogP contribution in [0.2, 0.25) is 0 Å². The summed E-state index contributed by atoms with van der Waals surface area (Å²) in [5, 5.41) is 2.99. The summed E-state index contributed by atoms with van der Waals surface area (Å²) in [7, 11) is 0. The molecular weight excluding hydrogens is 328 g/mol. The van der Waals surface area contributed by atoms with Gasteiger partial charge in [0.1, 0.15) is 0 Å². The number of nitrogens with one attached hydrogen (secondary N) is 1. The molecule has 0 radical (unpaired) electrons. The zero-order chi connectivity index (χ0) is 18.8. The lowest BCUT2D eigenvalue weighted by atomic mass is 9.81. The first-order valence-electron chi connectivity index (χ1n) is 9.64. The fraction of sp³-hybridized carbons (Fsp3) is 0.571. The molecule has 3 amide bonds. The Labute approximate surface area is 155 Å². The number of amides is 3. The lowest BCUT2D eigenvalue weighted by molar-refractivity contribution is -0.140. The van der Waals surface area contributed by atoms with Gasteiger partial charge in [-0.2, -0.15) is 0 Å². The summed E-state index contributed by atoms with van der Waals surface area (Å²) in [6.45, 7) is 6.33. The molecule has 5 heteroatoms. The number of carbonyl (C=O) groups is 3. The van der Waals surface area contributed by atoms with Crippen LogP contribution in [0.4, 0.5) is 5.69 Å². The molecule has 1 aliphatic carbocycles. The largest absolute Gasteiger partial charge is 0.326 e. The SMILES string of the molecule is Cc1cccc(C(C)C)c1NC(=O)CCN1C(=O)[C@H]2CCCC[C@H]2C1=O. The fourth-order valence-corrected chi connectivity index (χ4v) is 4.21. The van der Waals surface area contributed by atoms with Crippen LogP contribution in [-0.4, -0.2) is 29.2 Å². The van der Waals surface area contributed by atoms with E-state index in [4.69, 9.17) is 0 Å². The molecule has 2 atom stereocenters. The number of aryl methyl sites for hydroxylation is 1. The van der Waals surface area contributed by atoms with Gasteiger partial charge in [-0.05, 0) is 36.8 Å². The number of hydrogen-bond donors (Lipinski definition) is 1. The van der Waals surface area contributed by atoms with Gasteiger partial charge in [-0.15, -0.1) is 0 Å². The molecule has 0 unspecified atom stereocenters. The highest BCUT2D eigenvalue weighted by molar-refractivity contribution is 6.05. The molecule has 0 bridgehead atoms. The average molecular weight is 356 g/mol. The van der Waals surface area contributed by atoms with Crippen molar-refractivity contribution in [2.75, 3.05) is 11.9 Å². The molecule has 140 valence electrons. The molecule has 1 heterocycles. The second-order valence-corrected chi connectivity index (χ2v) is 7.82. The van der Waals surface area contributed by atoms with Crippen LogP contribution in [-0.2, 0) is 14.4 Å². The third kappa shape index (κ3) is 3.53. The number of carbonyl (C=O) groups excluding carboxylic acids is 3. The zero-order valence-corrected chi connectivity index (χ0v) is 15.9. The molecule has 0 aromatic heterocycles. The van der Waals surface area contributed by atoms with Crippen LogP contribution in [0, 0.1) is 18.8 Å². The van der Waals surface area contributed by atoms with Crippen molar-refractivity contribution in [3.05, 3.63) is 29.3 Å². The van der Waals surface area contributed by atoms with Crippen molar-refractivity contribution in [3.8, 4) is 0 Å². The Hall–Kier alpha value is -2.17. The monoisotopic (exact) mass is 356 g/mol. The first-order valence-corrected chi connectivity index (χ1v) is 9.64. The molecule has 1 saturated heterocycles. The fourth-order valence-electron chi connectivity index (χ4n) is 4.21. The Bertz CT molecular complexity index is 702. The maximum absolute atomic E-state index is 12.5. The molecule has 1 N–H and O–H groups in total. The van der Waals surface area contributed by atoms with E-state index in [0.717, 1.165) is 42.5 Å². The summed E-state index contributed by atoms with van der Waals surface area (Å²) in [6.07, 6.45) is 3.78. The molecule has 2 fully saturated rings. The molecule has 1 aromatic rings. The summed E-state index contributed by atoms with van der Waals surface area (Å²) in [5.41, 5.74) is 2.96. The summed E-state index contributed by atoms with van der Waals surface area (Å²) in [5.74, 6) is -0.310. The third-order valence-corrected chi connectivity index (χ3v) is 5.69. The second kappa shape index (κ2) is 7.60. The number of benzene rings is 1. The van der Waals surface area contributed by atoms with Crippen molar-refractivity contribution >= 4 is 23.4 Å². The van der Waals surface area contributed by atoms with Gasteiger partial charge < -0.3 is 5.32 Å². The van der Waals surface area contributed by atoms with Crippen LogP contribution < -0.4 is 5.32 Å². The van der Waals surface area contributed by atoms with E-state index in [1.165, 1.54) is 4.90 Å². The summed E-state index contributed by atoms with van der Waals surface area (Å²) < 4.78 is 0. The lowest BCUT2D eigenvalue weighted by Gasteiger charge is -2.19. The molecule has 1 aliphatic heterocycles. The Balaban J connectivity index is 1.63. The van der Waals surface area contributed by atoms with Crippen LogP contribution in [0.1, 0.15) is 63.0 Å². The molecule has 26 heavy (non-hydrogen) atoms. The number of nitrogens with zero attached hydrogens (tertiary/aromatic N) is 1. The Kier molecular flexibility index (Phi) is 5.44. The van der Waals surface area contributed by atoms with E-state index in [9.17, 15) is 14.4 Å². The van der Waals surface area contributed by atoms with E-state index in [1.807, 2.05) is 25.1 Å². The van der Waals surface area contributed by atoms with Crippen LogP contribution >= 0.6 is 0 Å². The van der Waals surface area contributed by atoms with E-state index in [-0.39, 0.29) is 42.5 Å². The molecule has 1 saturated carbocycles. The first-order chi connectivity index (χ1) is 12.4. The first kappa shape index (κ1) is 18.6. The quantitative estimate of drug-likeness (QED) is 0.820. The van der Waals surface area contributed by atoms with Gasteiger partial charge in [-0.3, -0.25) is 19.3 Å². The number of rotatable bonds is 5. The number of likely N-dealkylation sites (tertiary alicyclic amines) is 1. The minimum atomic E-state index is -0.156. The van der Waals surface area contributed by atoms with Gasteiger partial charge in [0, 0.05) is 18.7 Å². The average Bonchev–Trinajstić information content (AvgIpc) is 2.86. The maximum Gasteiger partial charge on any atom is 0.233 e. The van der Waals surface area contributed by atoms with Crippen molar-refractivity contribution in [3.63, 3.8) is 0 Å². The van der Waals surface area contributed by atoms with Gasteiger partial charge in [0.05, 0.1) is 11.8 Å². The number of anilines is 1. The van der Waals surface area contributed by atoms with Gasteiger partial charge in [0.15, 0.2) is 0 Å². The van der Waals surface area contributed by atoms with E-state index in [2.05, 4.69) is 19.2 Å². The van der Waals surface area contributed by atoms with Crippen molar-refractivity contribution < 1.29 is 14.4 Å². The predicted molar refractivity (Wildman–Crippen MR) is 101 cm³/mol. The summed E-state index contributed by atoms with van der Waals surface area (Å²) >= 11 is 0. The normalized spacial score (nSPS) is 22.7. The standard InChI is InChI=1S/C21H28N2O3/c1-13(2)15-10-6-7-14(3)19(15)22-18(24)11-12-23-20(25)16-8-4-5-9-17(16)21(23)26/h6-7,10,13,16-17H,4-5,8-9,11-12H2,1-3H3,(H,22,24)/t16-,17+. The number of fused-ring (bicyclic) bond motifs is 1. The molecule has 2 aliphatic rings. The van der Waals surface area contributed by atoms with Gasteiger partial charge in [-0.1, -0.05) is 44.9 Å². The van der Waals surface area contributed by atoms with E-state index < -0.39 is 0 Å². The second-order valence-electron chi connectivity index (χ2n) is 7.82. The van der Waals surface area contributed by atoms with Crippen molar-refractivity contribution in [2.24, 2.45) is 11.8 Å². The highest BCUT2D eigenvalue weighted by Crippen LogP contribution is 2.38. The third-order valence-electron chi connectivity index (χ3n) is 5.69. The van der Waals surface area contributed by atoms with Crippen LogP contribution in [0.5, 0.6) is 0 Å². The minimum absolute atomic E-state index is 0.0775. The number of para-hydroxylation sites is 1. The van der Waals surface area contributed by atoms with E-state index in [1.54, 1.807) is 0 Å². The Morgan fingerprint density at radius 2 is 1.77 bits per heavy atom. The number of imide groups is 1. The summed E-state index contributed by atoms with van der Waals surface area (Å²) in [6, 6.07) is 5.98. The zero-order valence-electron chi connectivity index (χ0n) is 15.9. The maximum atomic E-state index is 12.5. The van der Waals surface area contributed by atoms with Crippen molar-refractivity contribution in [1.82, 2.24) is 4.90 Å². The van der Waals surface area contributed by atoms with Crippen molar-refractivity contribution in [1.29, 1.82) is 0 Å². The summed E-state index contributed by atoms with van der Waals surface area (Å²) in [4.78, 5) is 38.8. The highest BCUT2D eigenvalue weighted by Gasteiger charge is 2.47. The molecule has 1 aromatic carbocycles. The highest BCUT2D eigenvalue weighted by atomic mass is 16.2. The van der Waals surface area contributed by atoms with Gasteiger partial charge >= 0.3 is 0 Å². The van der Waals surface area contributed by atoms with Crippen LogP contribution in [0.25, 0.3) is 0 Å². The molecule has 3 rings (SSSR count). The predicted octanol–water partition coefficient (Wildman–Crippen LogP) is 3.62. The van der Waals surface area contributed by atoms with Crippen LogP contribution in [0.15, 0.2) is 18.2 Å². The molecular formula is C21H28N2O3. The Morgan fingerprint density at radius 3 is 2.35 bits per heavy atom. The molecule has 0 spiro atoms. The topological polar surface area (TPSA) is 66.5 Å². The minimum Gasteiger partial charge on any atom is -0.326 e. The smallest absolute Gasteiger partial charge is 0.233 e. The van der Waals surface area contributed by atoms with E-state index >= 15 is 0 Å². The number of hydrogen-bond acceptors (Lipinski definition) is 3. The molecule has 5 nitrogen and oxygen atoms in total. The van der Waals surface area contributed by atoms with Crippen LogP contribution in [0.3, 0.4) is 0 Å². The van der Waals surface area contributed by atoms with Gasteiger partial charge in [0.25, 0.3) is 0 Å². The Morgan fingerprint density at radius 1 is 1.15 bits per heavy atom. The van der Waals surface area contributed by atoms with E-state index in [0.29, 0.717) is 5.92 Å². The lowest BCUT2D eigenvalue weighted by Crippen LogP contribution is -2.34.